The van der Waals surface area contributed by atoms with Crippen LogP contribution in [0.3, 0.4) is 0 Å². The Morgan fingerprint density at radius 3 is 2.65 bits per heavy atom. The van der Waals surface area contributed by atoms with Crippen molar-refractivity contribution in [3.8, 4) is 5.75 Å². The van der Waals surface area contributed by atoms with Crippen molar-refractivity contribution in [3.63, 3.8) is 0 Å². The van der Waals surface area contributed by atoms with E-state index in [-0.39, 0.29) is 17.0 Å². The van der Waals surface area contributed by atoms with E-state index in [1.165, 1.54) is 23.5 Å². The van der Waals surface area contributed by atoms with Crippen molar-refractivity contribution in [1.29, 1.82) is 0 Å². The first-order valence-corrected chi connectivity index (χ1v) is 6.58. The highest BCUT2D eigenvalue weighted by molar-refractivity contribution is 7.09. The molecule has 1 heterocycles. The maximum Gasteiger partial charge on any atom is 0.335 e. The molecule has 6 nitrogen and oxygen atoms in total. The van der Waals surface area contributed by atoms with Gasteiger partial charge in [0, 0.05) is 4.88 Å². The number of nitrogens with one attached hydrogen (secondary N) is 2. The van der Waals surface area contributed by atoms with Crippen LogP contribution >= 0.6 is 11.3 Å². The maximum atomic E-state index is 11.6. The number of hydrogen-bond acceptors (Lipinski definition) is 4. The lowest BCUT2D eigenvalue weighted by molar-refractivity contribution is 0.0696. The highest BCUT2D eigenvalue weighted by Crippen LogP contribution is 2.24. The van der Waals surface area contributed by atoms with Crippen molar-refractivity contribution < 1.29 is 19.8 Å². The molecule has 0 fully saturated rings. The van der Waals surface area contributed by atoms with E-state index in [0.29, 0.717) is 6.54 Å². The molecular formula is C13H12N2O4S. The summed E-state index contributed by atoms with van der Waals surface area (Å²) in [7, 11) is 0. The Labute approximate surface area is 118 Å². The zero-order chi connectivity index (χ0) is 14.5. The number of carbonyl (C=O) groups is 2. The molecule has 0 radical (unpaired) electrons. The van der Waals surface area contributed by atoms with Crippen LogP contribution in [0, 0.1) is 0 Å². The van der Waals surface area contributed by atoms with Gasteiger partial charge in [-0.1, -0.05) is 6.07 Å². The molecule has 4 N–H and O–H groups in total. The molecule has 0 aliphatic rings. The van der Waals surface area contributed by atoms with E-state index >= 15 is 0 Å². The third-order valence-electron chi connectivity index (χ3n) is 2.50. The Balaban J connectivity index is 1.95. The molecule has 2 aromatic rings. The summed E-state index contributed by atoms with van der Waals surface area (Å²) in [6.45, 7) is 0.386. The van der Waals surface area contributed by atoms with Crippen LogP contribution < -0.4 is 10.6 Å². The summed E-state index contributed by atoms with van der Waals surface area (Å²) in [5.74, 6) is -1.44. The molecular weight excluding hydrogens is 280 g/mol. The number of hydrogen-bond donors (Lipinski definition) is 4. The Hall–Kier alpha value is -2.54. The summed E-state index contributed by atoms with van der Waals surface area (Å²) >= 11 is 1.52. The van der Waals surface area contributed by atoms with E-state index in [9.17, 15) is 14.7 Å². The predicted octanol–water partition coefficient (Wildman–Crippen LogP) is 2.47. The van der Waals surface area contributed by atoms with E-state index in [1.807, 2.05) is 17.5 Å². The number of carbonyl (C=O) groups excluding carboxylic acids is 1. The number of phenols is 1. The van der Waals surface area contributed by atoms with Gasteiger partial charge in [0.05, 0.1) is 17.8 Å². The number of amides is 2. The van der Waals surface area contributed by atoms with Gasteiger partial charge in [0.25, 0.3) is 0 Å². The van der Waals surface area contributed by atoms with Crippen LogP contribution in [0.5, 0.6) is 5.75 Å². The SMILES string of the molecule is O=C(NCc1cccs1)Nc1ccc(C(=O)O)cc1O. The van der Waals surface area contributed by atoms with Gasteiger partial charge in [-0.15, -0.1) is 11.3 Å². The lowest BCUT2D eigenvalue weighted by Gasteiger charge is -2.09. The number of aromatic carboxylic acids is 1. The second kappa shape index (κ2) is 6.07. The summed E-state index contributed by atoms with van der Waals surface area (Å²) < 4.78 is 0. The third kappa shape index (κ3) is 3.48. The van der Waals surface area contributed by atoms with Crippen LogP contribution in [0.4, 0.5) is 10.5 Å². The molecule has 2 amide bonds. The van der Waals surface area contributed by atoms with Crippen LogP contribution in [0.25, 0.3) is 0 Å². The molecule has 0 spiro atoms. The Morgan fingerprint density at radius 1 is 1.25 bits per heavy atom. The molecule has 0 aliphatic carbocycles. The Morgan fingerprint density at radius 2 is 2.05 bits per heavy atom. The average Bonchev–Trinajstić information content (AvgIpc) is 2.91. The minimum absolute atomic E-state index is 0.0490. The zero-order valence-electron chi connectivity index (χ0n) is 10.3. The topological polar surface area (TPSA) is 98.7 Å². The number of thiophene rings is 1. The van der Waals surface area contributed by atoms with E-state index in [4.69, 9.17) is 5.11 Å². The molecule has 20 heavy (non-hydrogen) atoms. The monoisotopic (exact) mass is 292 g/mol. The van der Waals surface area contributed by atoms with Gasteiger partial charge in [0.1, 0.15) is 5.75 Å². The van der Waals surface area contributed by atoms with Crippen LogP contribution in [0.15, 0.2) is 35.7 Å². The third-order valence-corrected chi connectivity index (χ3v) is 3.37. The van der Waals surface area contributed by atoms with Crippen LogP contribution in [0.1, 0.15) is 15.2 Å². The first kappa shape index (κ1) is 13.9. The zero-order valence-corrected chi connectivity index (χ0v) is 11.1. The quantitative estimate of drug-likeness (QED) is 0.650. The molecule has 0 saturated heterocycles. The summed E-state index contributed by atoms with van der Waals surface area (Å²) in [4.78, 5) is 23.3. The number of rotatable bonds is 4. The standard InChI is InChI=1S/C13H12N2O4S/c16-11-6-8(12(17)18)3-4-10(11)15-13(19)14-7-9-2-1-5-20-9/h1-6,16H,7H2,(H,17,18)(H2,14,15,19). The Bertz CT molecular complexity index is 625. The molecule has 2 rings (SSSR count). The number of phenolic OH excluding ortho intramolecular Hbond substituents is 1. The fourth-order valence-corrected chi connectivity index (χ4v) is 2.16. The van der Waals surface area contributed by atoms with E-state index < -0.39 is 12.0 Å². The smallest absolute Gasteiger partial charge is 0.335 e. The van der Waals surface area contributed by atoms with Gasteiger partial charge in [-0.05, 0) is 29.6 Å². The fourth-order valence-electron chi connectivity index (χ4n) is 1.52. The molecule has 1 aromatic carbocycles. The van der Waals surface area contributed by atoms with E-state index in [1.54, 1.807) is 0 Å². The normalized spacial score (nSPS) is 10.0. The molecule has 0 unspecified atom stereocenters. The van der Waals surface area contributed by atoms with Gasteiger partial charge in [-0.2, -0.15) is 0 Å². The minimum atomic E-state index is -1.14. The number of anilines is 1. The van der Waals surface area contributed by atoms with Crippen molar-refractivity contribution >= 4 is 29.0 Å². The second-order valence-electron chi connectivity index (χ2n) is 3.92. The molecule has 104 valence electrons. The minimum Gasteiger partial charge on any atom is -0.506 e. The van der Waals surface area contributed by atoms with Gasteiger partial charge in [-0.25, -0.2) is 9.59 Å². The van der Waals surface area contributed by atoms with Gasteiger partial charge < -0.3 is 20.8 Å². The molecule has 0 saturated carbocycles. The molecule has 0 bridgehead atoms. The molecule has 1 aromatic heterocycles. The predicted molar refractivity (Wildman–Crippen MR) is 75.2 cm³/mol. The maximum absolute atomic E-state index is 11.6. The van der Waals surface area contributed by atoms with Crippen molar-refractivity contribution in [2.24, 2.45) is 0 Å². The molecule has 7 heteroatoms. The first-order valence-electron chi connectivity index (χ1n) is 5.70. The van der Waals surface area contributed by atoms with Crippen LogP contribution in [-0.4, -0.2) is 22.2 Å². The molecule has 0 atom stereocenters. The number of urea groups is 1. The average molecular weight is 292 g/mol. The van der Waals surface area contributed by atoms with Crippen LogP contribution in [0.2, 0.25) is 0 Å². The van der Waals surface area contributed by atoms with Crippen molar-refractivity contribution in [2.45, 2.75) is 6.54 Å². The van der Waals surface area contributed by atoms with Gasteiger partial charge in [-0.3, -0.25) is 0 Å². The van der Waals surface area contributed by atoms with Crippen molar-refractivity contribution in [3.05, 3.63) is 46.2 Å². The lowest BCUT2D eigenvalue weighted by atomic mass is 10.2. The van der Waals surface area contributed by atoms with Crippen LogP contribution in [-0.2, 0) is 6.54 Å². The van der Waals surface area contributed by atoms with E-state index in [2.05, 4.69) is 10.6 Å². The summed E-state index contributed by atoms with van der Waals surface area (Å²) in [5.41, 5.74) is 0.103. The number of carboxylic acids is 1. The Kier molecular flexibility index (Phi) is 4.21. The highest BCUT2D eigenvalue weighted by atomic mass is 32.1. The fraction of sp³-hybridized carbons (Fsp3) is 0.0769. The summed E-state index contributed by atoms with van der Waals surface area (Å²) in [6, 6.07) is 7.02. The number of carboxylic acid groups (broad SMARTS) is 1. The first-order chi connectivity index (χ1) is 9.56. The van der Waals surface area contributed by atoms with Crippen molar-refractivity contribution in [1.82, 2.24) is 5.32 Å². The van der Waals surface area contributed by atoms with Gasteiger partial charge in [0.15, 0.2) is 0 Å². The summed E-state index contributed by atoms with van der Waals surface area (Å²) in [6.07, 6.45) is 0. The van der Waals surface area contributed by atoms with Gasteiger partial charge >= 0.3 is 12.0 Å². The van der Waals surface area contributed by atoms with Crippen molar-refractivity contribution in [2.75, 3.05) is 5.32 Å². The molecule has 0 aliphatic heterocycles. The highest BCUT2D eigenvalue weighted by Gasteiger charge is 2.10. The summed E-state index contributed by atoms with van der Waals surface area (Å²) in [5, 5.41) is 25.4. The largest absolute Gasteiger partial charge is 0.506 e. The number of aromatic hydroxyl groups is 1. The second-order valence-corrected chi connectivity index (χ2v) is 4.96. The lowest BCUT2D eigenvalue weighted by Crippen LogP contribution is -2.27. The van der Waals surface area contributed by atoms with E-state index in [0.717, 1.165) is 10.9 Å². The number of benzene rings is 1. The van der Waals surface area contributed by atoms with Gasteiger partial charge in [0.2, 0.25) is 0 Å².